The second kappa shape index (κ2) is 11.8. The van der Waals surface area contributed by atoms with Crippen molar-refractivity contribution < 1.29 is 19.8 Å². The highest BCUT2D eigenvalue weighted by Gasteiger charge is 2.26. The van der Waals surface area contributed by atoms with Crippen LogP contribution in [0.2, 0.25) is 0 Å². The standard InChI is InChI=1S/C25H28N8O4S2/c1-25(2,15-5-7-17(19(34)9-15)28-21(36)11-38-23-30-26-13-32(23)3)16-6-8-18(20(35)10-16)29-22(37)12-39-24-31-27-14-33(24)4/h5-10,13-14,34-35H,11-12H2,1-4H3,(H,28,36)(H,29,37). The first-order valence-corrected chi connectivity index (χ1v) is 13.7. The molecule has 0 atom stereocenters. The molecule has 0 spiro atoms. The highest BCUT2D eigenvalue weighted by atomic mass is 32.2. The van der Waals surface area contributed by atoms with Crippen LogP contribution >= 0.6 is 23.5 Å². The summed E-state index contributed by atoms with van der Waals surface area (Å²) in [5, 5.41) is 43.3. The van der Waals surface area contributed by atoms with Gasteiger partial charge in [0.25, 0.3) is 0 Å². The fraction of sp³-hybridized carbons (Fsp3) is 0.280. The van der Waals surface area contributed by atoms with Gasteiger partial charge in [-0.1, -0.05) is 49.5 Å². The summed E-state index contributed by atoms with van der Waals surface area (Å²) in [5.41, 5.74) is 1.50. The molecule has 39 heavy (non-hydrogen) atoms. The van der Waals surface area contributed by atoms with Crippen molar-refractivity contribution in [2.75, 3.05) is 22.1 Å². The summed E-state index contributed by atoms with van der Waals surface area (Å²) >= 11 is 2.48. The first kappa shape index (κ1) is 28.0. The van der Waals surface area contributed by atoms with Crippen LogP contribution in [0.4, 0.5) is 11.4 Å². The first-order chi connectivity index (χ1) is 18.5. The molecule has 0 unspecified atom stereocenters. The molecule has 0 fully saturated rings. The third-order valence-electron chi connectivity index (χ3n) is 5.99. The molecule has 4 aromatic rings. The molecule has 0 aliphatic carbocycles. The third-order valence-corrected chi connectivity index (χ3v) is 8.06. The molecule has 0 saturated heterocycles. The molecular formula is C25H28N8O4S2. The fourth-order valence-corrected chi connectivity index (χ4v) is 5.03. The van der Waals surface area contributed by atoms with Crippen LogP contribution in [-0.2, 0) is 29.1 Å². The zero-order chi connectivity index (χ0) is 28.2. The number of aromatic nitrogens is 6. The van der Waals surface area contributed by atoms with Crippen LogP contribution in [0.5, 0.6) is 11.5 Å². The molecular weight excluding hydrogens is 540 g/mol. The topological polar surface area (TPSA) is 160 Å². The Morgan fingerprint density at radius 2 is 1.21 bits per heavy atom. The van der Waals surface area contributed by atoms with Gasteiger partial charge in [-0.05, 0) is 35.4 Å². The van der Waals surface area contributed by atoms with Crippen LogP contribution in [0, 0.1) is 0 Å². The van der Waals surface area contributed by atoms with E-state index in [1.54, 1.807) is 60.1 Å². The predicted molar refractivity (Wildman–Crippen MR) is 149 cm³/mol. The van der Waals surface area contributed by atoms with Gasteiger partial charge in [0.2, 0.25) is 11.8 Å². The summed E-state index contributed by atoms with van der Waals surface area (Å²) < 4.78 is 3.43. The maximum atomic E-state index is 12.4. The lowest BCUT2D eigenvalue weighted by Crippen LogP contribution is -2.20. The first-order valence-electron chi connectivity index (χ1n) is 11.7. The average Bonchev–Trinajstić information content (AvgIpc) is 3.50. The van der Waals surface area contributed by atoms with E-state index in [0.717, 1.165) is 11.1 Å². The summed E-state index contributed by atoms with van der Waals surface area (Å²) in [6.07, 6.45) is 3.11. The van der Waals surface area contributed by atoms with E-state index in [9.17, 15) is 19.8 Å². The lowest BCUT2D eigenvalue weighted by Gasteiger charge is -2.27. The van der Waals surface area contributed by atoms with Gasteiger partial charge < -0.3 is 30.0 Å². The number of aryl methyl sites for hydroxylation is 2. The number of nitrogens with one attached hydrogen (secondary N) is 2. The molecule has 2 amide bonds. The number of benzene rings is 2. The summed E-state index contributed by atoms with van der Waals surface area (Å²) in [6.45, 7) is 3.89. The molecule has 0 aliphatic heterocycles. The number of rotatable bonds is 10. The van der Waals surface area contributed by atoms with Crippen LogP contribution in [0.25, 0.3) is 0 Å². The minimum Gasteiger partial charge on any atom is -0.506 e. The molecule has 12 nitrogen and oxygen atoms in total. The number of carbonyl (C=O) groups is 2. The Hall–Kier alpha value is -4.04. The Morgan fingerprint density at radius 1 is 0.795 bits per heavy atom. The lowest BCUT2D eigenvalue weighted by molar-refractivity contribution is -0.114. The number of thioether (sulfide) groups is 2. The Morgan fingerprint density at radius 3 is 1.54 bits per heavy atom. The van der Waals surface area contributed by atoms with Gasteiger partial charge in [-0.2, -0.15) is 0 Å². The number of amides is 2. The van der Waals surface area contributed by atoms with E-state index in [4.69, 9.17) is 0 Å². The van der Waals surface area contributed by atoms with E-state index in [2.05, 4.69) is 31.0 Å². The molecule has 0 bridgehead atoms. The van der Waals surface area contributed by atoms with Crippen molar-refractivity contribution in [2.45, 2.75) is 29.6 Å². The van der Waals surface area contributed by atoms with Crippen molar-refractivity contribution in [3.63, 3.8) is 0 Å². The lowest BCUT2D eigenvalue weighted by atomic mass is 9.78. The Bertz CT molecular complexity index is 1390. The summed E-state index contributed by atoms with van der Waals surface area (Å²) in [5.74, 6) is -0.511. The van der Waals surface area contributed by atoms with Gasteiger partial charge in [0.05, 0.1) is 22.9 Å². The normalized spacial score (nSPS) is 11.4. The maximum Gasteiger partial charge on any atom is 0.234 e. The molecule has 0 radical (unpaired) electrons. The van der Waals surface area contributed by atoms with Gasteiger partial charge >= 0.3 is 0 Å². The number of hydrogen-bond acceptors (Lipinski definition) is 10. The molecule has 4 rings (SSSR count). The maximum absolute atomic E-state index is 12.4. The minimum absolute atomic E-state index is 0.0777. The van der Waals surface area contributed by atoms with Crippen molar-refractivity contribution in [3.05, 3.63) is 60.2 Å². The highest BCUT2D eigenvalue weighted by molar-refractivity contribution is 8.00. The van der Waals surface area contributed by atoms with Crippen LogP contribution < -0.4 is 10.6 Å². The number of hydrogen-bond donors (Lipinski definition) is 4. The Labute approximate surface area is 233 Å². The van der Waals surface area contributed by atoms with Crippen molar-refractivity contribution in [1.29, 1.82) is 0 Å². The minimum atomic E-state index is -0.609. The van der Waals surface area contributed by atoms with Crippen molar-refractivity contribution in [3.8, 4) is 11.5 Å². The monoisotopic (exact) mass is 568 g/mol. The van der Waals surface area contributed by atoms with E-state index in [0.29, 0.717) is 21.7 Å². The zero-order valence-electron chi connectivity index (χ0n) is 21.7. The van der Waals surface area contributed by atoms with Crippen LogP contribution in [0.1, 0.15) is 25.0 Å². The average molecular weight is 569 g/mol. The molecule has 4 N–H and O–H groups in total. The molecule has 0 saturated carbocycles. The number of aromatic hydroxyl groups is 2. The second-order valence-corrected chi connectivity index (χ2v) is 11.1. The summed E-state index contributed by atoms with van der Waals surface area (Å²) in [6, 6.07) is 10.1. The van der Waals surface area contributed by atoms with E-state index >= 15 is 0 Å². The van der Waals surface area contributed by atoms with Crippen molar-refractivity contribution in [1.82, 2.24) is 29.5 Å². The molecule has 2 heterocycles. The SMILES string of the molecule is Cn1cnnc1SCC(=O)Nc1ccc(C(C)(C)c2ccc(NC(=O)CSc3nncn3C)c(O)c2)cc1O. The molecule has 0 aliphatic rings. The molecule has 2 aromatic carbocycles. The number of phenolic OH excluding ortho intramolecular Hbond substituents is 2. The summed E-state index contributed by atoms with van der Waals surface area (Å²) in [4.78, 5) is 24.7. The molecule has 14 heteroatoms. The van der Waals surface area contributed by atoms with E-state index < -0.39 is 5.41 Å². The smallest absolute Gasteiger partial charge is 0.234 e. The van der Waals surface area contributed by atoms with Crippen molar-refractivity contribution in [2.24, 2.45) is 14.1 Å². The number of phenols is 2. The third kappa shape index (κ3) is 6.70. The van der Waals surface area contributed by atoms with Gasteiger partial charge in [0, 0.05) is 19.5 Å². The molecule has 204 valence electrons. The number of anilines is 2. The predicted octanol–water partition coefficient (Wildman–Crippen LogP) is 3.14. The van der Waals surface area contributed by atoms with Gasteiger partial charge in [0.15, 0.2) is 10.3 Å². The van der Waals surface area contributed by atoms with Crippen LogP contribution in [-0.4, -0.2) is 63.1 Å². The van der Waals surface area contributed by atoms with Crippen molar-refractivity contribution >= 4 is 46.7 Å². The van der Waals surface area contributed by atoms with Crippen LogP contribution in [0.15, 0.2) is 59.4 Å². The Balaban J connectivity index is 1.39. The van der Waals surface area contributed by atoms with Crippen LogP contribution in [0.3, 0.4) is 0 Å². The number of nitrogens with zero attached hydrogens (tertiary/aromatic N) is 6. The quantitative estimate of drug-likeness (QED) is 0.165. The largest absolute Gasteiger partial charge is 0.506 e. The number of carbonyl (C=O) groups excluding carboxylic acids is 2. The van der Waals surface area contributed by atoms with Gasteiger partial charge in [0.1, 0.15) is 24.2 Å². The highest BCUT2D eigenvalue weighted by Crippen LogP contribution is 2.38. The van der Waals surface area contributed by atoms with Gasteiger partial charge in [-0.25, -0.2) is 0 Å². The molecule has 2 aromatic heterocycles. The second-order valence-electron chi connectivity index (χ2n) is 9.21. The van der Waals surface area contributed by atoms with E-state index in [-0.39, 0.29) is 34.8 Å². The zero-order valence-corrected chi connectivity index (χ0v) is 23.4. The Kier molecular flexibility index (Phi) is 8.45. The van der Waals surface area contributed by atoms with Gasteiger partial charge in [-0.15, -0.1) is 20.4 Å². The summed E-state index contributed by atoms with van der Waals surface area (Å²) in [7, 11) is 3.58. The van der Waals surface area contributed by atoms with E-state index in [1.165, 1.54) is 23.5 Å². The van der Waals surface area contributed by atoms with E-state index in [1.807, 2.05) is 26.0 Å². The fourth-order valence-electron chi connectivity index (χ4n) is 3.66. The van der Waals surface area contributed by atoms with Gasteiger partial charge in [-0.3, -0.25) is 9.59 Å².